The average molecular weight is 547 g/mol. The van der Waals surface area contributed by atoms with E-state index in [0.717, 1.165) is 42.4 Å². The summed E-state index contributed by atoms with van der Waals surface area (Å²) in [5.74, 6) is 2.96. The van der Waals surface area contributed by atoms with Crippen LogP contribution >= 0.6 is 0 Å². The summed E-state index contributed by atoms with van der Waals surface area (Å²) >= 11 is 0. The quantitative estimate of drug-likeness (QED) is 0.386. The van der Waals surface area contributed by atoms with Crippen molar-refractivity contribution < 1.29 is 8.42 Å². The molecule has 3 heterocycles. The van der Waals surface area contributed by atoms with Crippen molar-refractivity contribution in [2.24, 2.45) is 5.73 Å². The van der Waals surface area contributed by atoms with Gasteiger partial charge in [-0.3, -0.25) is 4.57 Å². The van der Waals surface area contributed by atoms with Crippen LogP contribution in [0, 0.1) is 6.92 Å². The lowest BCUT2D eigenvalue weighted by atomic mass is 10.0. The van der Waals surface area contributed by atoms with E-state index in [-0.39, 0.29) is 17.5 Å². The highest BCUT2D eigenvalue weighted by atomic mass is 32.2. The molecule has 1 aromatic carbocycles. The standard InChI is InChI=1S/C28H34N8O2S/c1-4-20(17-31-39(37,38)22-13-7-6-8-14-22)23(15-16-29)26-30-18-25-27(32-26)36(21-11-9-10-12-21)24(5-2)28-34-33-19(3)35(25)28/h4,6-8,13-16,18,21,24,31H,1,5,9-12,17,29H2,2-3H3/b16-15-,23-20-/t24-/m1/s1. The fourth-order valence-electron chi connectivity index (χ4n) is 5.55. The highest BCUT2D eigenvalue weighted by Crippen LogP contribution is 2.43. The zero-order valence-electron chi connectivity index (χ0n) is 22.3. The number of benzene rings is 1. The largest absolute Gasteiger partial charge is 0.405 e. The summed E-state index contributed by atoms with van der Waals surface area (Å²) in [6.07, 6.45) is 11.9. The highest BCUT2D eigenvalue weighted by molar-refractivity contribution is 7.89. The van der Waals surface area contributed by atoms with Crippen LogP contribution in [-0.2, 0) is 10.0 Å². The molecule has 1 aliphatic heterocycles. The van der Waals surface area contributed by atoms with Crippen LogP contribution in [0.1, 0.15) is 62.5 Å². The lowest BCUT2D eigenvalue weighted by Crippen LogP contribution is -2.42. The molecule has 11 heteroatoms. The Kier molecular flexibility index (Phi) is 7.62. The minimum atomic E-state index is -3.73. The van der Waals surface area contributed by atoms with Crippen molar-refractivity contribution in [1.82, 2.24) is 29.5 Å². The number of fused-ring (bicyclic) bond motifs is 3. The molecule has 3 N–H and O–H groups in total. The molecule has 204 valence electrons. The Bertz CT molecular complexity index is 1520. The number of hydrogen-bond acceptors (Lipinski definition) is 8. The van der Waals surface area contributed by atoms with Gasteiger partial charge in [-0.1, -0.05) is 50.6 Å². The molecule has 1 aliphatic carbocycles. The van der Waals surface area contributed by atoms with Gasteiger partial charge in [-0.15, -0.1) is 10.2 Å². The summed E-state index contributed by atoms with van der Waals surface area (Å²) in [5.41, 5.74) is 7.88. The molecule has 5 rings (SSSR count). The number of aromatic nitrogens is 5. The van der Waals surface area contributed by atoms with Gasteiger partial charge in [0, 0.05) is 18.2 Å². The van der Waals surface area contributed by atoms with Crippen LogP contribution in [0.2, 0.25) is 0 Å². The van der Waals surface area contributed by atoms with Crippen LogP contribution in [0.3, 0.4) is 0 Å². The van der Waals surface area contributed by atoms with Crippen molar-refractivity contribution in [3.05, 3.63) is 84.5 Å². The number of nitrogens with zero attached hydrogens (tertiary/aromatic N) is 6. The first-order valence-corrected chi connectivity index (χ1v) is 14.7. The van der Waals surface area contributed by atoms with Gasteiger partial charge in [-0.05, 0) is 56.2 Å². The zero-order valence-corrected chi connectivity index (χ0v) is 23.1. The fraction of sp³-hybridized carbons (Fsp3) is 0.357. The zero-order chi connectivity index (χ0) is 27.6. The average Bonchev–Trinajstić information content (AvgIpc) is 3.62. The molecule has 2 aliphatic rings. The van der Waals surface area contributed by atoms with Crippen molar-refractivity contribution in [1.29, 1.82) is 0 Å². The van der Waals surface area contributed by atoms with E-state index < -0.39 is 10.0 Å². The van der Waals surface area contributed by atoms with Crippen LogP contribution in [-0.4, -0.2) is 45.7 Å². The predicted molar refractivity (Wildman–Crippen MR) is 152 cm³/mol. The Morgan fingerprint density at radius 2 is 1.95 bits per heavy atom. The maximum atomic E-state index is 12.9. The first-order chi connectivity index (χ1) is 18.9. The van der Waals surface area contributed by atoms with Crippen molar-refractivity contribution >= 4 is 21.4 Å². The number of hydrogen-bond donors (Lipinski definition) is 2. The van der Waals surface area contributed by atoms with E-state index in [1.54, 1.807) is 48.7 Å². The van der Waals surface area contributed by atoms with Crippen LogP contribution in [0.25, 0.3) is 11.3 Å². The van der Waals surface area contributed by atoms with Gasteiger partial charge in [-0.2, -0.15) is 0 Å². The second-order valence-corrected chi connectivity index (χ2v) is 11.5. The van der Waals surface area contributed by atoms with Crippen LogP contribution in [0.15, 0.2) is 71.9 Å². The number of allylic oxidation sites excluding steroid dienone is 2. The van der Waals surface area contributed by atoms with Crippen molar-refractivity contribution in [2.45, 2.75) is 62.9 Å². The van der Waals surface area contributed by atoms with E-state index in [1.807, 2.05) is 11.5 Å². The van der Waals surface area contributed by atoms with Gasteiger partial charge in [0.2, 0.25) is 10.0 Å². The minimum Gasteiger partial charge on any atom is -0.405 e. The summed E-state index contributed by atoms with van der Waals surface area (Å²) < 4.78 is 30.5. The SMILES string of the molecule is C=C/C(CNS(=O)(=O)c1ccccc1)=C(\C=C/N)c1ncc2c(n1)N(C1CCCC1)[C@H](CC)c1nnc(C)n1-2. The minimum absolute atomic E-state index is 0.000529. The molecule has 0 saturated heterocycles. The number of sulfonamides is 1. The third-order valence-corrected chi connectivity index (χ3v) is 8.84. The molecule has 1 atom stereocenters. The van der Waals surface area contributed by atoms with Crippen molar-refractivity contribution in [3.8, 4) is 5.69 Å². The van der Waals surface area contributed by atoms with Crippen molar-refractivity contribution in [2.75, 3.05) is 11.4 Å². The Balaban J connectivity index is 1.59. The topological polar surface area (TPSA) is 132 Å². The Morgan fingerprint density at radius 1 is 1.21 bits per heavy atom. The predicted octanol–water partition coefficient (Wildman–Crippen LogP) is 3.97. The van der Waals surface area contributed by atoms with Crippen LogP contribution in [0.4, 0.5) is 5.82 Å². The monoisotopic (exact) mass is 546 g/mol. The first-order valence-electron chi connectivity index (χ1n) is 13.3. The molecule has 3 aromatic rings. The highest BCUT2D eigenvalue weighted by Gasteiger charge is 2.39. The molecular formula is C28H34N8O2S. The molecule has 0 amide bonds. The van der Waals surface area contributed by atoms with E-state index in [1.165, 1.54) is 19.0 Å². The van der Waals surface area contributed by atoms with E-state index in [4.69, 9.17) is 15.7 Å². The van der Waals surface area contributed by atoms with Crippen molar-refractivity contribution in [3.63, 3.8) is 0 Å². The van der Waals surface area contributed by atoms with Gasteiger partial charge < -0.3 is 10.6 Å². The molecule has 1 fully saturated rings. The molecule has 0 bridgehead atoms. The molecule has 0 spiro atoms. The molecule has 0 unspecified atom stereocenters. The smallest absolute Gasteiger partial charge is 0.240 e. The van der Waals surface area contributed by atoms with Crippen LogP contribution in [0.5, 0.6) is 0 Å². The van der Waals surface area contributed by atoms with E-state index in [0.29, 0.717) is 23.0 Å². The van der Waals surface area contributed by atoms with Gasteiger partial charge in [0.15, 0.2) is 17.5 Å². The molecule has 2 aromatic heterocycles. The first kappa shape index (κ1) is 26.8. The third kappa shape index (κ3) is 4.99. The Hall–Kier alpha value is -3.83. The molecule has 10 nitrogen and oxygen atoms in total. The second-order valence-electron chi connectivity index (χ2n) is 9.75. The van der Waals surface area contributed by atoms with E-state index in [9.17, 15) is 8.42 Å². The summed E-state index contributed by atoms with van der Waals surface area (Å²) in [4.78, 5) is 12.4. The summed E-state index contributed by atoms with van der Waals surface area (Å²) in [6, 6.07) is 8.63. The fourth-order valence-corrected chi connectivity index (χ4v) is 6.58. The summed E-state index contributed by atoms with van der Waals surface area (Å²) in [6.45, 7) is 8.03. The van der Waals surface area contributed by atoms with Gasteiger partial charge in [0.25, 0.3) is 0 Å². The molecule has 1 saturated carbocycles. The number of nitrogens with two attached hydrogens (primary N) is 1. The number of anilines is 1. The van der Waals surface area contributed by atoms with Crippen LogP contribution < -0.4 is 15.4 Å². The second kappa shape index (κ2) is 11.1. The molecule has 0 radical (unpaired) electrons. The van der Waals surface area contributed by atoms with Gasteiger partial charge >= 0.3 is 0 Å². The molecule has 39 heavy (non-hydrogen) atoms. The number of nitrogens with one attached hydrogen (secondary N) is 1. The summed E-state index contributed by atoms with van der Waals surface area (Å²) in [7, 11) is -3.73. The maximum Gasteiger partial charge on any atom is 0.240 e. The van der Waals surface area contributed by atoms with Gasteiger partial charge in [0.05, 0.1) is 17.1 Å². The normalized spacial score (nSPS) is 18.2. The lowest BCUT2D eigenvalue weighted by Gasteiger charge is -2.41. The van der Waals surface area contributed by atoms with Gasteiger partial charge in [-0.25, -0.2) is 23.1 Å². The van der Waals surface area contributed by atoms with Gasteiger partial charge in [0.1, 0.15) is 11.5 Å². The maximum absolute atomic E-state index is 12.9. The summed E-state index contributed by atoms with van der Waals surface area (Å²) in [5, 5.41) is 8.90. The molecular weight excluding hydrogens is 512 g/mol. The number of rotatable bonds is 9. The van der Waals surface area contributed by atoms with E-state index >= 15 is 0 Å². The van der Waals surface area contributed by atoms with E-state index in [2.05, 4.69) is 33.3 Å². The Morgan fingerprint density at radius 3 is 2.62 bits per heavy atom. The third-order valence-electron chi connectivity index (χ3n) is 7.43. The lowest BCUT2D eigenvalue weighted by molar-refractivity contribution is 0.467. The number of aryl methyl sites for hydroxylation is 1. The Labute approximate surface area is 229 Å².